The predicted molar refractivity (Wildman–Crippen MR) is 139 cm³/mol. The molecule has 0 amide bonds. The summed E-state index contributed by atoms with van der Waals surface area (Å²) in [4.78, 5) is 14.2. The molecule has 3 aromatic rings. The van der Waals surface area contributed by atoms with Gasteiger partial charge in [-0.3, -0.25) is 4.79 Å². The van der Waals surface area contributed by atoms with Crippen LogP contribution in [0.25, 0.3) is 11.1 Å². The summed E-state index contributed by atoms with van der Waals surface area (Å²) >= 11 is 0. The van der Waals surface area contributed by atoms with E-state index in [4.69, 9.17) is 15.2 Å². The topological polar surface area (TPSA) is 64.8 Å². The lowest BCUT2D eigenvalue weighted by Gasteiger charge is -2.34. The Kier molecular flexibility index (Phi) is 6.97. The summed E-state index contributed by atoms with van der Waals surface area (Å²) in [5.74, 6) is 0.0481. The van der Waals surface area contributed by atoms with E-state index in [0.717, 1.165) is 35.5 Å². The fourth-order valence-corrected chi connectivity index (χ4v) is 5.15. The number of anilines is 1. The molecule has 1 saturated heterocycles. The molecule has 2 fully saturated rings. The highest BCUT2D eigenvalue weighted by Gasteiger charge is 2.44. The van der Waals surface area contributed by atoms with Gasteiger partial charge in [-0.15, -0.1) is 0 Å². The molecule has 2 N–H and O–H groups in total. The lowest BCUT2D eigenvalue weighted by Crippen LogP contribution is -2.34. The van der Waals surface area contributed by atoms with Gasteiger partial charge in [0.25, 0.3) is 0 Å². The molecule has 6 heteroatoms. The number of benzene rings is 3. The van der Waals surface area contributed by atoms with Crippen molar-refractivity contribution in [2.45, 2.75) is 45.3 Å². The Hall–Kier alpha value is -3.38. The van der Waals surface area contributed by atoms with Crippen LogP contribution in [0.5, 0.6) is 5.75 Å². The summed E-state index contributed by atoms with van der Waals surface area (Å²) in [5, 5.41) is 0. The molecule has 0 aromatic heterocycles. The molecule has 1 heterocycles. The lowest BCUT2D eigenvalue weighted by molar-refractivity contribution is -0.139. The summed E-state index contributed by atoms with van der Waals surface area (Å²) in [6, 6.07) is 19.1. The number of ether oxygens (including phenoxy) is 2. The van der Waals surface area contributed by atoms with Crippen molar-refractivity contribution in [3.63, 3.8) is 0 Å². The zero-order valence-electron chi connectivity index (χ0n) is 20.8. The average molecular weight is 489 g/mol. The molecule has 1 spiro atoms. The van der Waals surface area contributed by atoms with Gasteiger partial charge in [0, 0.05) is 42.0 Å². The van der Waals surface area contributed by atoms with Crippen molar-refractivity contribution in [3.05, 3.63) is 83.2 Å². The van der Waals surface area contributed by atoms with Crippen molar-refractivity contribution < 1.29 is 18.7 Å². The SMILES string of the molecule is COC(=O)Cc1ccccc1OCc1cc(-c2cccc(CN)c2F)cc(N2CCC3(CC2)CC3)c1. The summed E-state index contributed by atoms with van der Waals surface area (Å²) in [6.07, 6.45) is 5.26. The normalized spacial score (nSPS) is 16.1. The first-order valence-electron chi connectivity index (χ1n) is 12.6. The number of rotatable bonds is 8. The Bertz CT molecular complexity index is 1240. The zero-order chi connectivity index (χ0) is 25.1. The smallest absolute Gasteiger partial charge is 0.310 e. The molecular formula is C30H33FN2O3. The third kappa shape index (κ3) is 5.24. The van der Waals surface area contributed by atoms with E-state index >= 15 is 4.39 Å². The van der Waals surface area contributed by atoms with Crippen molar-refractivity contribution in [1.82, 2.24) is 0 Å². The quantitative estimate of drug-likeness (QED) is 0.417. The molecule has 1 aliphatic carbocycles. The van der Waals surface area contributed by atoms with Crippen molar-refractivity contribution in [2.24, 2.45) is 11.1 Å². The number of hydrogen-bond donors (Lipinski definition) is 1. The van der Waals surface area contributed by atoms with Crippen molar-refractivity contribution in [2.75, 3.05) is 25.1 Å². The van der Waals surface area contributed by atoms with E-state index in [2.05, 4.69) is 17.0 Å². The Morgan fingerprint density at radius 3 is 2.47 bits per heavy atom. The number of hydrogen-bond acceptors (Lipinski definition) is 5. The maximum atomic E-state index is 15.3. The van der Waals surface area contributed by atoms with Gasteiger partial charge < -0.3 is 20.1 Å². The van der Waals surface area contributed by atoms with E-state index < -0.39 is 0 Å². The predicted octanol–water partition coefficient (Wildman–Crippen LogP) is 5.63. The number of methoxy groups -OCH3 is 1. The Balaban J connectivity index is 1.45. The molecule has 1 saturated carbocycles. The highest BCUT2D eigenvalue weighted by atomic mass is 19.1. The zero-order valence-corrected chi connectivity index (χ0v) is 20.8. The van der Waals surface area contributed by atoms with E-state index in [-0.39, 0.29) is 24.8 Å². The van der Waals surface area contributed by atoms with Crippen molar-refractivity contribution >= 4 is 11.7 Å². The molecule has 188 valence electrons. The minimum absolute atomic E-state index is 0.143. The highest BCUT2D eigenvalue weighted by Crippen LogP contribution is 2.54. The molecule has 2 aliphatic rings. The number of carbonyl (C=O) groups excluding carboxylic acids is 1. The van der Waals surface area contributed by atoms with Gasteiger partial charge in [0.05, 0.1) is 13.5 Å². The molecule has 3 aromatic carbocycles. The summed E-state index contributed by atoms with van der Waals surface area (Å²) in [5.41, 5.74) is 11.0. The monoisotopic (exact) mass is 488 g/mol. The molecule has 1 aliphatic heterocycles. The van der Waals surface area contributed by atoms with Crippen LogP contribution >= 0.6 is 0 Å². The number of piperidine rings is 1. The van der Waals surface area contributed by atoms with Gasteiger partial charge in [-0.05, 0) is 66.5 Å². The average Bonchev–Trinajstić information content (AvgIpc) is 3.67. The van der Waals surface area contributed by atoms with Crippen LogP contribution in [0.3, 0.4) is 0 Å². The number of carbonyl (C=O) groups is 1. The van der Waals surface area contributed by atoms with Gasteiger partial charge in [0.2, 0.25) is 0 Å². The molecule has 0 bridgehead atoms. The standard InChI is InChI=1S/C30H33FN2O3/c1-35-28(34)18-22-5-2-3-8-27(22)36-20-21-15-24(26-7-4-6-23(19-32)29(26)31)17-25(16-21)33-13-11-30(9-10-30)12-14-33/h2-8,15-17H,9-14,18-20,32H2,1H3. The maximum Gasteiger partial charge on any atom is 0.310 e. The van der Waals surface area contributed by atoms with Crippen LogP contribution in [-0.2, 0) is 29.1 Å². The van der Waals surface area contributed by atoms with Gasteiger partial charge >= 0.3 is 5.97 Å². The van der Waals surface area contributed by atoms with E-state index in [1.54, 1.807) is 12.1 Å². The van der Waals surface area contributed by atoms with Gasteiger partial charge in [-0.2, -0.15) is 0 Å². The second-order valence-corrected chi connectivity index (χ2v) is 10.0. The number of esters is 1. The second-order valence-electron chi connectivity index (χ2n) is 10.0. The number of nitrogens with two attached hydrogens (primary N) is 1. The van der Waals surface area contributed by atoms with Crippen LogP contribution in [-0.4, -0.2) is 26.2 Å². The van der Waals surface area contributed by atoms with Crippen molar-refractivity contribution in [1.29, 1.82) is 0 Å². The van der Waals surface area contributed by atoms with Gasteiger partial charge in [-0.1, -0.05) is 36.4 Å². The van der Waals surface area contributed by atoms with Gasteiger partial charge in [0.15, 0.2) is 0 Å². The van der Waals surface area contributed by atoms with E-state index in [1.165, 1.54) is 32.8 Å². The number of nitrogens with zero attached hydrogens (tertiary/aromatic N) is 1. The Morgan fingerprint density at radius 2 is 1.75 bits per heavy atom. The molecular weight excluding hydrogens is 455 g/mol. The van der Waals surface area contributed by atoms with Gasteiger partial charge in [0.1, 0.15) is 18.2 Å². The molecule has 5 rings (SSSR count). The molecule has 0 unspecified atom stereocenters. The molecule has 5 nitrogen and oxygen atoms in total. The number of para-hydroxylation sites is 1. The van der Waals surface area contributed by atoms with Crippen LogP contribution in [0.4, 0.5) is 10.1 Å². The Morgan fingerprint density at radius 1 is 1.00 bits per heavy atom. The van der Waals surface area contributed by atoms with Gasteiger partial charge in [-0.25, -0.2) is 4.39 Å². The van der Waals surface area contributed by atoms with E-state index in [0.29, 0.717) is 28.9 Å². The minimum atomic E-state index is -0.316. The highest BCUT2D eigenvalue weighted by molar-refractivity contribution is 5.73. The van der Waals surface area contributed by atoms with Crippen molar-refractivity contribution in [3.8, 4) is 16.9 Å². The fraction of sp³-hybridized carbons (Fsp3) is 0.367. The summed E-state index contributed by atoms with van der Waals surface area (Å²) < 4.78 is 26.3. The first-order chi connectivity index (χ1) is 17.5. The van der Waals surface area contributed by atoms with Crippen LogP contribution in [0, 0.1) is 11.2 Å². The van der Waals surface area contributed by atoms with Crippen LogP contribution in [0.2, 0.25) is 0 Å². The third-order valence-electron chi connectivity index (χ3n) is 7.66. The number of halogens is 1. The van der Waals surface area contributed by atoms with E-state index in [1.807, 2.05) is 36.4 Å². The maximum absolute atomic E-state index is 15.3. The fourth-order valence-electron chi connectivity index (χ4n) is 5.15. The first kappa shape index (κ1) is 24.3. The first-order valence-corrected chi connectivity index (χ1v) is 12.6. The van der Waals surface area contributed by atoms with Crippen LogP contribution in [0.15, 0.2) is 60.7 Å². The lowest BCUT2D eigenvalue weighted by atomic mass is 9.92. The second kappa shape index (κ2) is 10.3. The van der Waals surface area contributed by atoms with Crippen LogP contribution in [0.1, 0.15) is 42.4 Å². The Labute approximate surface area is 212 Å². The van der Waals surface area contributed by atoms with E-state index in [9.17, 15) is 4.79 Å². The largest absolute Gasteiger partial charge is 0.489 e. The van der Waals surface area contributed by atoms with Crippen LogP contribution < -0.4 is 15.4 Å². The summed E-state index contributed by atoms with van der Waals surface area (Å²) in [7, 11) is 1.38. The molecule has 36 heavy (non-hydrogen) atoms. The summed E-state index contributed by atoms with van der Waals surface area (Å²) in [6.45, 7) is 2.48. The minimum Gasteiger partial charge on any atom is -0.489 e. The molecule has 0 atom stereocenters. The molecule has 0 radical (unpaired) electrons. The third-order valence-corrected chi connectivity index (χ3v) is 7.66.